The lowest BCUT2D eigenvalue weighted by Gasteiger charge is -2.34. The largest absolute Gasteiger partial charge is 0.351 e. The number of hydrogen-bond donors (Lipinski definition) is 2. The number of fused-ring (bicyclic) bond motifs is 1. The number of amides is 1. The minimum atomic E-state index is -0.0737. The smallest absolute Gasteiger partial charge is 0.259 e. The normalized spacial score (nSPS) is 17.4. The summed E-state index contributed by atoms with van der Waals surface area (Å²) in [5.74, 6) is 0.0969. The summed E-state index contributed by atoms with van der Waals surface area (Å²) >= 11 is 0. The van der Waals surface area contributed by atoms with Gasteiger partial charge in [-0.1, -0.05) is 25.9 Å². The molecule has 2 aromatic heterocycles. The van der Waals surface area contributed by atoms with Crippen LogP contribution in [0.25, 0.3) is 11.1 Å². The van der Waals surface area contributed by atoms with Crippen molar-refractivity contribution < 1.29 is 9.32 Å². The highest BCUT2D eigenvalue weighted by molar-refractivity contribution is 6.06. The van der Waals surface area contributed by atoms with Crippen LogP contribution in [0.2, 0.25) is 0 Å². The zero-order valence-electron chi connectivity index (χ0n) is 14.9. The monoisotopic (exact) mass is 330 g/mol. The number of carbonyl (C=O) groups is 1. The molecule has 0 bridgehead atoms. The fourth-order valence-electron chi connectivity index (χ4n) is 3.27. The molecule has 1 aliphatic rings. The van der Waals surface area contributed by atoms with Gasteiger partial charge in [0.1, 0.15) is 0 Å². The number of aryl methyl sites for hydroxylation is 1. The summed E-state index contributed by atoms with van der Waals surface area (Å²) in [6.45, 7) is 10.9. The summed E-state index contributed by atoms with van der Waals surface area (Å²) in [7, 11) is 0. The highest BCUT2D eigenvalue weighted by Crippen LogP contribution is 2.29. The molecule has 3 rings (SSSR count). The molecule has 0 aliphatic carbocycles. The molecule has 3 heterocycles. The number of hydrogen-bond acceptors (Lipinski definition) is 5. The molecule has 0 saturated carbocycles. The number of piperidine rings is 1. The Morgan fingerprint density at radius 1 is 1.42 bits per heavy atom. The fraction of sp³-hybridized carbons (Fsp3) is 0.611. The summed E-state index contributed by atoms with van der Waals surface area (Å²) in [6.07, 6.45) is 2.14. The lowest BCUT2D eigenvalue weighted by atomic mass is 9.81. The number of rotatable bonds is 4. The van der Waals surface area contributed by atoms with Gasteiger partial charge in [0.2, 0.25) is 0 Å². The van der Waals surface area contributed by atoms with E-state index in [1.807, 2.05) is 26.8 Å². The van der Waals surface area contributed by atoms with Crippen LogP contribution in [0.4, 0.5) is 0 Å². The van der Waals surface area contributed by atoms with Gasteiger partial charge in [-0.3, -0.25) is 4.79 Å². The number of aromatic nitrogens is 2. The Hall–Kier alpha value is -1.95. The molecule has 6 heteroatoms. The van der Waals surface area contributed by atoms with Crippen LogP contribution in [0.15, 0.2) is 10.6 Å². The van der Waals surface area contributed by atoms with Crippen molar-refractivity contribution in [3.8, 4) is 0 Å². The van der Waals surface area contributed by atoms with Crippen molar-refractivity contribution in [3.63, 3.8) is 0 Å². The standard InChI is InChI=1S/C18H26N4O2/c1-11(2)15-14-13(9-12(3)21-17(14)24-22-15)16(23)20-10-18(4)5-7-19-8-6-18/h9,11,19H,5-8,10H2,1-4H3,(H,20,23). The summed E-state index contributed by atoms with van der Waals surface area (Å²) in [5, 5.41) is 11.3. The summed E-state index contributed by atoms with van der Waals surface area (Å²) in [4.78, 5) is 17.2. The Kier molecular flexibility index (Phi) is 4.58. The van der Waals surface area contributed by atoms with Crippen molar-refractivity contribution in [1.29, 1.82) is 0 Å². The predicted molar refractivity (Wildman–Crippen MR) is 93.2 cm³/mol. The third-order valence-electron chi connectivity index (χ3n) is 4.88. The molecule has 1 saturated heterocycles. The van der Waals surface area contributed by atoms with E-state index in [1.54, 1.807) is 0 Å². The van der Waals surface area contributed by atoms with E-state index in [4.69, 9.17) is 4.52 Å². The van der Waals surface area contributed by atoms with E-state index in [0.717, 1.165) is 42.7 Å². The van der Waals surface area contributed by atoms with Gasteiger partial charge < -0.3 is 15.2 Å². The van der Waals surface area contributed by atoms with Gasteiger partial charge in [-0.25, -0.2) is 4.98 Å². The average molecular weight is 330 g/mol. The highest BCUT2D eigenvalue weighted by Gasteiger charge is 2.28. The van der Waals surface area contributed by atoms with Gasteiger partial charge in [0.15, 0.2) is 0 Å². The number of nitrogens with zero attached hydrogens (tertiary/aromatic N) is 2. The topological polar surface area (TPSA) is 80.0 Å². The van der Waals surface area contributed by atoms with Crippen LogP contribution in [-0.4, -0.2) is 35.7 Å². The first-order valence-corrected chi connectivity index (χ1v) is 8.65. The minimum absolute atomic E-state index is 0.0737. The van der Waals surface area contributed by atoms with E-state index in [9.17, 15) is 4.79 Å². The minimum Gasteiger partial charge on any atom is -0.351 e. The van der Waals surface area contributed by atoms with E-state index in [-0.39, 0.29) is 17.2 Å². The van der Waals surface area contributed by atoms with E-state index in [1.165, 1.54) is 0 Å². The molecule has 0 radical (unpaired) electrons. The summed E-state index contributed by atoms with van der Waals surface area (Å²) < 4.78 is 5.35. The zero-order valence-corrected chi connectivity index (χ0v) is 14.9. The van der Waals surface area contributed by atoms with Crippen molar-refractivity contribution in [2.45, 2.75) is 46.5 Å². The van der Waals surface area contributed by atoms with Gasteiger partial charge in [-0.2, -0.15) is 0 Å². The number of carbonyl (C=O) groups excluding carboxylic acids is 1. The quantitative estimate of drug-likeness (QED) is 0.901. The SMILES string of the molecule is Cc1cc(C(=O)NCC2(C)CCNCC2)c2c(C(C)C)noc2n1. The first kappa shape index (κ1) is 16.9. The van der Waals surface area contributed by atoms with Gasteiger partial charge in [-0.15, -0.1) is 0 Å². The molecule has 0 aromatic carbocycles. The Morgan fingerprint density at radius 3 is 2.79 bits per heavy atom. The molecule has 0 unspecified atom stereocenters. The lowest BCUT2D eigenvalue weighted by molar-refractivity contribution is 0.0923. The van der Waals surface area contributed by atoms with Crippen molar-refractivity contribution in [1.82, 2.24) is 20.8 Å². The molecule has 1 fully saturated rings. The van der Waals surface area contributed by atoms with Crippen molar-refractivity contribution >= 4 is 17.0 Å². The van der Waals surface area contributed by atoms with Gasteiger partial charge in [0, 0.05) is 12.2 Å². The van der Waals surface area contributed by atoms with E-state index < -0.39 is 0 Å². The molecule has 1 amide bonds. The molecule has 0 atom stereocenters. The van der Waals surface area contributed by atoms with Gasteiger partial charge in [-0.05, 0) is 50.3 Å². The third-order valence-corrected chi connectivity index (χ3v) is 4.88. The van der Waals surface area contributed by atoms with Gasteiger partial charge in [0.05, 0.1) is 16.6 Å². The Bertz CT molecular complexity index is 745. The highest BCUT2D eigenvalue weighted by atomic mass is 16.5. The second-order valence-electron chi connectivity index (χ2n) is 7.46. The second kappa shape index (κ2) is 6.51. The van der Waals surface area contributed by atoms with Crippen molar-refractivity contribution in [3.05, 3.63) is 23.0 Å². The predicted octanol–water partition coefficient (Wildman–Crippen LogP) is 2.77. The van der Waals surface area contributed by atoms with Gasteiger partial charge in [0.25, 0.3) is 11.6 Å². The van der Waals surface area contributed by atoms with Crippen LogP contribution in [0.5, 0.6) is 0 Å². The van der Waals surface area contributed by atoms with E-state index in [2.05, 4.69) is 27.7 Å². The molecular formula is C18H26N4O2. The molecule has 24 heavy (non-hydrogen) atoms. The van der Waals surface area contributed by atoms with E-state index >= 15 is 0 Å². The lowest BCUT2D eigenvalue weighted by Crippen LogP contribution is -2.43. The van der Waals surface area contributed by atoms with Crippen LogP contribution in [0, 0.1) is 12.3 Å². The molecule has 130 valence electrons. The maximum absolute atomic E-state index is 12.8. The maximum atomic E-state index is 12.8. The Labute approximate surface area is 142 Å². The third kappa shape index (κ3) is 3.29. The first-order chi connectivity index (χ1) is 11.4. The molecule has 2 aromatic rings. The Morgan fingerprint density at radius 2 is 2.12 bits per heavy atom. The average Bonchev–Trinajstić information content (AvgIpc) is 2.96. The van der Waals surface area contributed by atoms with Crippen LogP contribution in [-0.2, 0) is 0 Å². The Balaban J connectivity index is 1.87. The van der Waals surface area contributed by atoms with E-state index in [0.29, 0.717) is 17.8 Å². The van der Waals surface area contributed by atoms with Crippen LogP contribution in [0.1, 0.15) is 61.3 Å². The van der Waals surface area contributed by atoms with Gasteiger partial charge >= 0.3 is 0 Å². The zero-order chi connectivity index (χ0) is 17.3. The summed E-state index contributed by atoms with van der Waals surface area (Å²) in [6, 6.07) is 1.82. The van der Waals surface area contributed by atoms with Crippen LogP contribution >= 0.6 is 0 Å². The number of nitrogens with one attached hydrogen (secondary N) is 2. The molecule has 6 nitrogen and oxygen atoms in total. The number of pyridine rings is 1. The molecule has 1 aliphatic heterocycles. The van der Waals surface area contributed by atoms with Crippen molar-refractivity contribution in [2.24, 2.45) is 5.41 Å². The van der Waals surface area contributed by atoms with Crippen LogP contribution < -0.4 is 10.6 Å². The van der Waals surface area contributed by atoms with Crippen molar-refractivity contribution in [2.75, 3.05) is 19.6 Å². The molecular weight excluding hydrogens is 304 g/mol. The summed E-state index contributed by atoms with van der Waals surface area (Å²) in [5.41, 5.74) is 2.75. The molecule has 2 N–H and O–H groups in total. The maximum Gasteiger partial charge on any atom is 0.259 e. The second-order valence-corrected chi connectivity index (χ2v) is 7.46. The first-order valence-electron chi connectivity index (χ1n) is 8.65. The fourth-order valence-corrected chi connectivity index (χ4v) is 3.27. The van der Waals surface area contributed by atoms with Crippen LogP contribution in [0.3, 0.4) is 0 Å². The molecule has 0 spiro atoms.